The van der Waals surface area contributed by atoms with Crippen LogP contribution in [0.4, 0.5) is 5.69 Å². The van der Waals surface area contributed by atoms with Crippen molar-refractivity contribution in [1.82, 2.24) is 10.0 Å². The molecule has 0 unspecified atom stereocenters. The predicted molar refractivity (Wildman–Crippen MR) is 78.7 cm³/mol. The first kappa shape index (κ1) is 15.9. The molecule has 2 rings (SSSR count). The zero-order chi connectivity index (χ0) is 15.5. The van der Waals surface area contributed by atoms with Gasteiger partial charge in [-0.2, -0.15) is 0 Å². The first-order valence-electron chi connectivity index (χ1n) is 6.88. The SMILES string of the molecule is Cc1cc([N+](=O)[O-])ccc1S(=O)(=O)NCCCNC1CC1. The highest BCUT2D eigenvalue weighted by Crippen LogP contribution is 2.21. The van der Waals surface area contributed by atoms with E-state index in [2.05, 4.69) is 10.0 Å². The van der Waals surface area contributed by atoms with E-state index in [9.17, 15) is 18.5 Å². The predicted octanol–water partition coefficient (Wildman–Crippen LogP) is 1.32. The minimum atomic E-state index is -3.62. The molecule has 1 saturated carbocycles. The van der Waals surface area contributed by atoms with Crippen LogP contribution in [0.25, 0.3) is 0 Å². The topological polar surface area (TPSA) is 101 Å². The van der Waals surface area contributed by atoms with E-state index in [1.807, 2.05) is 0 Å². The molecule has 0 atom stereocenters. The van der Waals surface area contributed by atoms with Gasteiger partial charge in [-0.3, -0.25) is 10.1 Å². The van der Waals surface area contributed by atoms with Crippen molar-refractivity contribution in [2.24, 2.45) is 0 Å². The molecule has 0 aromatic heterocycles. The van der Waals surface area contributed by atoms with E-state index >= 15 is 0 Å². The third-order valence-electron chi connectivity index (χ3n) is 3.31. The van der Waals surface area contributed by atoms with Crippen molar-refractivity contribution in [2.75, 3.05) is 13.1 Å². The van der Waals surface area contributed by atoms with Gasteiger partial charge in [0.25, 0.3) is 5.69 Å². The van der Waals surface area contributed by atoms with E-state index in [0.29, 0.717) is 24.6 Å². The monoisotopic (exact) mass is 313 g/mol. The summed E-state index contributed by atoms with van der Waals surface area (Å²) in [5.74, 6) is 0. The van der Waals surface area contributed by atoms with Crippen molar-refractivity contribution in [3.8, 4) is 0 Å². The lowest BCUT2D eigenvalue weighted by atomic mass is 10.2. The molecule has 0 heterocycles. The first-order valence-corrected chi connectivity index (χ1v) is 8.36. The largest absolute Gasteiger partial charge is 0.314 e. The Bertz CT molecular complexity index is 626. The zero-order valence-electron chi connectivity index (χ0n) is 11.8. The Balaban J connectivity index is 1.92. The van der Waals surface area contributed by atoms with Crippen LogP contribution < -0.4 is 10.0 Å². The van der Waals surface area contributed by atoms with Gasteiger partial charge in [-0.25, -0.2) is 13.1 Å². The summed E-state index contributed by atoms with van der Waals surface area (Å²) in [4.78, 5) is 10.2. The fourth-order valence-corrected chi connectivity index (χ4v) is 3.31. The second-order valence-corrected chi connectivity index (χ2v) is 6.92. The molecule has 7 nitrogen and oxygen atoms in total. The fourth-order valence-electron chi connectivity index (χ4n) is 2.01. The Morgan fingerprint density at radius 2 is 2.05 bits per heavy atom. The summed E-state index contributed by atoms with van der Waals surface area (Å²) in [6, 6.07) is 4.36. The summed E-state index contributed by atoms with van der Waals surface area (Å²) >= 11 is 0. The van der Waals surface area contributed by atoms with E-state index in [1.54, 1.807) is 6.92 Å². The van der Waals surface area contributed by atoms with Gasteiger partial charge < -0.3 is 5.32 Å². The van der Waals surface area contributed by atoms with Crippen LogP contribution in [-0.4, -0.2) is 32.5 Å². The van der Waals surface area contributed by atoms with E-state index in [0.717, 1.165) is 6.54 Å². The highest BCUT2D eigenvalue weighted by molar-refractivity contribution is 7.89. The summed E-state index contributed by atoms with van der Waals surface area (Å²) in [5.41, 5.74) is 0.257. The number of aryl methyl sites for hydroxylation is 1. The highest BCUT2D eigenvalue weighted by Gasteiger charge is 2.20. The van der Waals surface area contributed by atoms with Gasteiger partial charge in [0.2, 0.25) is 10.0 Å². The molecular weight excluding hydrogens is 294 g/mol. The van der Waals surface area contributed by atoms with Crippen molar-refractivity contribution < 1.29 is 13.3 Å². The molecule has 0 spiro atoms. The number of nitro benzene ring substituents is 1. The minimum Gasteiger partial charge on any atom is -0.314 e. The smallest absolute Gasteiger partial charge is 0.269 e. The fraction of sp³-hybridized carbons (Fsp3) is 0.538. The molecule has 1 fully saturated rings. The standard InChI is InChI=1S/C13H19N3O4S/c1-10-9-12(16(17)18)5-6-13(10)21(19,20)15-8-2-7-14-11-3-4-11/h5-6,9,11,14-15H,2-4,7-8H2,1H3. The molecular formula is C13H19N3O4S. The van der Waals surface area contributed by atoms with Gasteiger partial charge in [0.05, 0.1) is 9.82 Å². The van der Waals surface area contributed by atoms with Crippen LogP contribution in [0.1, 0.15) is 24.8 Å². The second-order valence-electron chi connectivity index (χ2n) is 5.19. The van der Waals surface area contributed by atoms with Crippen molar-refractivity contribution >= 4 is 15.7 Å². The van der Waals surface area contributed by atoms with Crippen LogP contribution in [-0.2, 0) is 10.0 Å². The molecule has 2 N–H and O–H groups in total. The highest BCUT2D eigenvalue weighted by atomic mass is 32.2. The van der Waals surface area contributed by atoms with Crippen molar-refractivity contribution in [1.29, 1.82) is 0 Å². The van der Waals surface area contributed by atoms with Crippen LogP contribution in [0.15, 0.2) is 23.1 Å². The molecule has 0 bridgehead atoms. The molecule has 8 heteroatoms. The Kier molecular flexibility index (Phi) is 4.92. The number of hydrogen-bond acceptors (Lipinski definition) is 5. The Labute approximate surface area is 123 Å². The van der Waals surface area contributed by atoms with Gasteiger partial charge >= 0.3 is 0 Å². The van der Waals surface area contributed by atoms with E-state index in [4.69, 9.17) is 0 Å². The van der Waals surface area contributed by atoms with Crippen molar-refractivity contribution in [3.63, 3.8) is 0 Å². The first-order chi connectivity index (χ1) is 9.90. The number of benzene rings is 1. The molecule has 1 aliphatic carbocycles. The van der Waals surface area contributed by atoms with Crippen LogP contribution in [0.5, 0.6) is 0 Å². The normalized spacial score (nSPS) is 15.1. The third-order valence-corrected chi connectivity index (χ3v) is 4.94. The summed E-state index contributed by atoms with van der Waals surface area (Å²) < 4.78 is 26.8. The maximum atomic E-state index is 12.1. The molecule has 1 aromatic carbocycles. The van der Waals surface area contributed by atoms with E-state index in [1.165, 1.54) is 31.0 Å². The zero-order valence-corrected chi connectivity index (χ0v) is 12.6. The van der Waals surface area contributed by atoms with Gasteiger partial charge in [-0.05, 0) is 44.4 Å². The molecule has 21 heavy (non-hydrogen) atoms. The van der Waals surface area contributed by atoms with E-state index in [-0.39, 0.29) is 10.6 Å². The number of nitrogens with one attached hydrogen (secondary N) is 2. The lowest BCUT2D eigenvalue weighted by molar-refractivity contribution is -0.385. The summed E-state index contributed by atoms with van der Waals surface area (Å²) in [6.45, 7) is 2.68. The maximum Gasteiger partial charge on any atom is 0.269 e. The van der Waals surface area contributed by atoms with Gasteiger partial charge in [0, 0.05) is 24.7 Å². The number of sulfonamides is 1. The second kappa shape index (κ2) is 6.50. The summed E-state index contributed by atoms with van der Waals surface area (Å²) in [6.07, 6.45) is 3.11. The Morgan fingerprint density at radius 3 is 2.62 bits per heavy atom. The van der Waals surface area contributed by atoms with Crippen LogP contribution in [0, 0.1) is 17.0 Å². The lowest BCUT2D eigenvalue weighted by Crippen LogP contribution is -2.28. The molecule has 1 aromatic rings. The van der Waals surface area contributed by atoms with Crippen molar-refractivity contribution in [3.05, 3.63) is 33.9 Å². The molecule has 116 valence electrons. The third kappa shape index (κ3) is 4.48. The lowest BCUT2D eigenvalue weighted by Gasteiger charge is -2.09. The Hall–Kier alpha value is -1.51. The van der Waals surface area contributed by atoms with Gasteiger partial charge in [0.1, 0.15) is 0 Å². The number of nitrogens with zero attached hydrogens (tertiary/aromatic N) is 1. The number of nitro groups is 1. The van der Waals surface area contributed by atoms with Gasteiger partial charge in [-0.1, -0.05) is 0 Å². The minimum absolute atomic E-state index is 0.0863. The maximum absolute atomic E-state index is 12.1. The van der Waals surface area contributed by atoms with E-state index < -0.39 is 14.9 Å². The summed E-state index contributed by atoms with van der Waals surface area (Å²) in [5, 5.41) is 14.0. The van der Waals surface area contributed by atoms with Crippen LogP contribution in [0.3, 0.4) is 0 Å². The molecule has 0 aliphatic heterocycles. The molecule has 0 radical (unpaired) electrons. The van der Waals surface area contributed by atoms with Gasteiger partial charge in [-0.15, -0.1) is 0 Å². The Morgan fingerprint density at radius 1 is 1.33 bits per heavy atom. The van der Waals surface area contributed by atoms with Gasteiger partial charge in [0.15, 0.2) is 0 Å². The van der Waals surface area contributed by atoms with Crippen LogP contribution in [0.2, 0.25) is 0 Å². The molecule has 0 saturated heterocycles. The number of rotatable bonds is 8. The number of non-ortho nitro benzene ring substituents is 1. The quantitative estimate of drug-likeness (QED) is 0.428. The number of hydrogen-bond donors (Lipinski definition) is 2. The van der Waals surface area contributed by atoms with Crippen LogP contribution >= 0.6 is 0 Å². The average molecular weight is 313 g/mol. The molecule has 0 amide bonds. The van der Waals surface area contributed by atoms with Crippen molar-refractivity contribution in [2.45, 2.75) is 37.1 Å². The summed E-state index contributed by atoms with van der Waals surface area (Å²) in [7, 11) is -3.62. The molecule has 1 aliphatic rings. The average Bonchev–Trinajstić information content (AvgIpc) is 3.21.